The van der Waals surface area contributed by atoms with Gasteiger partial charge in [-0.2, -0.15) is 0 Å². The molecule has 1 saturated heterocycles. The third-order valence-corrected chi connectivity index (χ3v) is 5.03. The first-order valence-corrected chi connectivity index (χ1v) is 9.06. The van der Waals surface area contributed by atoms with Crippen molar-refractivity contribution in [2.45, 2.75) is 44.8 Å². The Morgan fingerprint density at radius 3 is 2.96 bits per heavy atom. The number of piperidine rings is 1. The summed E-state index contributed by atoms with van der Waals surface area (Å²) in [5.41, 5.74) is 0. The quantitative estimate of drug-likeness (QED) is 0.687. The molecule has 1 fully saturated rings. The zero-order valence-corrected chi connectivity index (χ0v) is 14.5. The lowest BCUT2D eigenvalue weighted by atomic mass is 9.96. The van der Waals surface area contributed by atoms with E-state index in [-0.39, 0.29) is 6.10 Å². The Hall–Kier alpha value is -1.75. The number of allylic oxidation sites excluding steroid dienone is 1. The molecule has 0 amide bonds. The van der Waals surface area contributed by atoms with Crippen LogP contribution in [0, 0.1) is 5.92 Å². The van der Waals surface area contributed by atoms with Crippen LogP contribution in [0.15, 0.2) is 37.6 Å². The lowest BCUT2D eigenvalue weighted by Crippen LogP contribution is -2.39. The van der Waals surface area contributed by atoms with Crippen LogP contribution in [0.25, 0.3) is 0 Å². The summed E-state index contributed by atoms with van der Waals surface area (Å²) in [5.74, 6) is 2.34. The minimum atomic E-state index is 0.00951. The number of imidazole rings is 1. The van der Waals surface area contributed by atoms with Crippen LogP contribution in [0.2, 0.25) is 0 Å². The number of rotatable bonds is 8. The van der Waals surface area contributed by atoms with Gasteiger partial charge in [0.05, 0.1) is 12.0 Å². The van der Waals surface area contributed by atoms with Crippen molar-refractivity contribution in [3.8, 4) is 0 Å². The highest BCUT2D eigenvalue weighted by Gasteiger charge is 2.25. The van der Waals surface area contributed by atoms with Crippen LogP contribution >= 0.6 is 0 Å². The Labute approximate surface area is 145 Å². The summed E-state index contributed by atoms with van der Waals surface area (Å²) >= 11 is 0. The predicted molar refractivity (Wildman–Crippen MR) is 94.5 cm³/mol. The molecule has 2 unspecified atom stereocenters. The first-order valence-electron chi connectivity index (χ1n) is 9.06. The molecule has 2 atom stereocenters. The van der Waals surface area contributed by atoms with Crippen molar-refractivity contribution < 1.29 is 9.47 Å². The third kappa shape index (κ3) is 4.41. The van der Waals surface area contributed by atoms with Gasteiger partial charge in [-0.3, -0.25) is 4.90 Å². The van der Waals surface area contributed by atoms with Crippen molar-refractivity contribution in [1.29, 1.82) is 0 Å². The zero-order chi connectivity index (χ0) is 16.8. The van der Waals surface area contributed by atoms with Crippen LogP contribution in [0.1, 0.15) is 31.5 Å². The summed E-state index contributed by atoms with van der Waals surface area (Å²) in [7, 11) is 0. The lowest BCUT2D eigenvalue weighted by molar-refractivity contribution is 0.00895. The Kier molecular flexibility index (Phi) is 5.96. The highest BCUT2D eigenvalue weighted by Crippen LogP contribution is 2.26. The molecule has 24 heavy (non-hydrogen) atoms. The lowest BCUT2D eigenvalue weighted by Gasteiger charge is -2.32. The fraction of sp³-hybridized carbons (Fsp3) is 0.632. The second-order valence-electron chi connectivity index (χ2n) is 6.79. The molecule has 3 rings (SSSR count). The summed E-state index contributed by atoms with van der Waals surface area (Å²) in [6.07, 6.45) is 11.3. The number of aromatic nitrogens is 2. The predicted octanol–water partition coefficient (Wildman–Crippen LogP) is 2.99. The number of nitrogens with zero attached hydrogens (tertiary/aromatic N) is 3. The minimum Gasteiger partial charge on any atom is -0.498 e. The molecule has 0 aliphatic carbocycles. The van der Waals surface area contributed by atoms with E-state index >= 15 is 0 Å². The van der Waals surface area contributed by atoms with Gasteiger partial charge >= 0.3 is 0 Å². The van der Waals surface area contributed by atoms with Crippen LogP contribution in [-0.4, -0.2) is 46.8 Å². The monoisotopic (exact) mass is 331 g/mol. The SMILES string of the molecule is C=COCC(CN1CCCCC1)OC(=C)C1CCn2ccnc2C1. The van der Waals surface area contributed by atoms with Crippen molar-refractivity contribution in [3.05, 3.63) is 43.4 Å². The topological polar surface area (TPSA) is 39.5 Å². The molecule has 132 valence electrons. The van der Waals surface area contributed by atoms with Gasteiger partial charge in [0, 0.05) is 37.8 Å². The van der Waals surface area contributed by atoms with Crippen molar-refractivity contribution in [2.75, 3.05) is 26.2 Å². The van der Waals surface area contributed by atoms with Gasteiger partial charge in [0.25, 0.3) is 0 Å². The van der Waals surface area contributed by atoms with E-state index in [0.717, 1.165) is 50.6 Å². The van der Waals surface area contributed by atoms with Gasteiger partial charge in [-0.1, -0.05) is 19.6 Å². The van der Waals surface area contributed by atoms with Gasteiger partial charge < -0.3 is 14.0 Å². The number of likely N-dealkylation sites (tertiary alicyclic amines) is 1. The summed E-state index contributed by atoms with van der Waals surface area (Å²) in [6.45, 7) is 12.6. The average Bonchev–Trinajstić information content (AvgIpc) is 3.08. The van der Waals surface area contributed by atoms with E-state index in [1.165, 1.54) is 25.5 Å². The van der Waals surface area contributed by atoms with Crippen molar-refractivity contribution in [1.82, 2.24) is 14.5 Å². The molecule has 0 N–H and O–H groups in total. The normalized spacial score (nSPS) is 22.4. The molecule has 0 spiro atoms. The number of hydrogen-bond donors (Lipinski definition) is 0. The van der Waals surface area contributed by atoms with Crippen molar-refractivity contribution >= 4 is 0 Å². The second-order valence-corrected chi connectivity index (χ2v) is 6.79. The molecule has 2 aliphatic heterocycles. The standard InChI is InChI=1S/C19H29N3O2/c1-3-23-15-18(14-21-9-5-4-6-10-21)24-16(2)17-7-11-22-12-8-20-19(22)13-17/h3,8,12,17-18H,1-2,4-7,9-11,13-15H2. The maximum atomic E-state index is 6.24. The number of fused-ring (bicyclic) bond motifs is 1. The second kappa shape index (κ2) is 8.38. The first kappa shape index (κ1) is 17.1. The van der Waals surface area contributed by atoms with Crippen LogP contribution in [0.3, 0.4) is 0 Å². The molecule has 3 heterocycles. The zero-order valence-electron chi connectivity index (χ0n) is 14.5. The van der Waals surface area contributed by atoms with E-state index in [4.69, 9.17) is 9.47 Å². The largest absolute Gasteiger partial charge is 0.498 e. The molecular formula is C19H29N3O2. The first-order chi connectivity index (χ1) is 11.8. The molecule has 5 heteroatoms. The summed E-state index contributed by atoms with van der Waals surface area (Å²) in [4.78, 5) is 6.91. The number of ether oxygens (including phenoxy) is 2. The van der Waals surface area contributed by atoms with E-state index in [1.807, 2.05) is 12.4 Å². The number of hydrogen-bond acceptors (Lipinski definition) is 4. The van der Waals surface area contributed by atoms with E-state index in [9.17, 15) is 0 Å². The van der Waals surface area contributed by atoms with Crippen molar-refractivity contribution in [2.24, 2.45) is 5.92 Å². The molecule has 0 radical (unpaired) electrons. The van der Waals surface area contributed by atoms with E-state index in [1.54, 1.807) is 0 Å². The van der Waals surface area contributed by atoms with Gasteiger partial charge in [0.2, 0.25) is 0 Å². The molecule has 0 saturated carbocycles. The molecular weight excluding hydrogens is 302 g/mol. The Balaban J connectivity index is 1.54. The fourth-order valence-corrected chi connectivity index (χ4v) is 3.67. The summed E-state index contributed by atoms with van der Waals surface area (Å²) in [5, 5.41) is 0. The average molecular weight is 331 g/mol. The third-order valence-electron chi connectivity index (χ3n) is 5.03. The molecule has 5 nitrogen and oxygen atoms in total. The van der Waals surface area contributed by atoms with Crippen LogP contribution in [0.5, 0.6) is 0 Å². The van der Waals surface area contributed by atoms with Crippen LogP contribution in [-0.2, 0) is 22.4 Å². The maximum Gasteiger partial charge on any atom is 0.145 e. The highest BCUT2D eigenvalue weighted by molar-refractivity contribution is 5.05. The van der Waals surface area contributed by atoms with Gasteiger partial charge in [0.1, 0.15) is 18.5 Å². The van der Waals surface area contributed by atoms with Gasteiger partial charge in [-0.05, 0) is 32.4 Å². The highest BCUT2D eigenvalue weighted by atomic mass is 16.5. The van der Waals surface area contributed by atoms with Gasteiger partial charge in [-0.15, -0.1) is 0 Å². The molecule has 2 aliphatic rings. The Bertz CT molecular complexity index is 549. The van der Waals surface area contributed by atoms with E-state index in [2.05, 4.69) is 27.6 Å². The smallest absolute Gasteiger partial charge is 0.145 e. The summed E-state index contributed by atoms with van der Waals surface area (Å²) < 4.78 is 13.9. The van der Waals surface area contributed by atoms with Crippen molar-refractivity contribution in [3.63, 3.8) is 0 Å². The van der Waals surface area contributed by atoms with Crippen LogP contribution in [0.4, 0.5) is 0 Å². The minimum absolute atomic E-state index is 0.00951. The molecule has 0 aromatic carbocycles. The van der Waals surface area contributed by atoms with Crippen LogP contribution < -0.4 is 0 Å². The maximum absolute atomic E-state index is 6.24. The number of aryl methyl sites for hydroxylation is 1. The summed E-state index contributed by atoms with van der Waals surface area (Å²) in [6, 6.07) is 0. The Morgan fingerprint density at radius 2 is 2.17 bits per heavy atom. The van der Waals surface area contributed by atoms with Gasteiger partial charge in [0.15, 0.2) is 0 Å². The van der Waals surface area contributed by atoms with Gasteiger partial charge in [-0.25, -0.2) is 4.98 Å². The van der Waals surface area contributed by atoms with E-state index in [0.29, 0.717) is 12.5 Å². The Morgan fingerprint density at radius 1 is 1.33 bits per heavy atom. The van der Waals surface area contributed by atoms with E-state index < -0.39 is 0 Å². The molecule has 1 aromatic heterocycles. The molecule has 0 bridgehead atoms. The molecule has 1 aromatic rings. The fourth-order valence-electron chi connectivity index (χ4n) is 3.67.